The zero-order chi connectivity index (χ0) is 13.7. The van der Waals surface area contributed by atoms with Gasteiger partial charge in [0.05, 0.1) is 34.5 Å². The first-order valence-corrected chi connectivity index (χ1v) is 6.38. The van der Waals surface area contributed by atoms with Crippen LogP contribution in [0.15, 0.2) is 12.1 Å². The minimum atomic E-state index is 0.282. The first kappa shape index (κ1) is 14.0. The van der Waals surface area contributed by atoms with Crippen molar-refractivity contribution in [2.24, 2.45) is 0 Å². The summed E-state index contributed by atoms with van der Waals surface area (Å²) in [6.45, 7) is 2.36. The molecule has 106 valence electrons. The van der Waals surface area contributed by atoms with Crippen molar-refractivity contribution in [3.8, 4) is 17.2 Å². The number of hydrogen-bond donors (Lipinski definition) is 1. The Labute approximate surface area is 113 Å². The number of nitrogens with one attached hydrogen (secondary N) is 1. The van der Waals surface area contributed by atoms with Gasteiger partial charge in [-0.25, -0.2) is 0 Å². The third-order valence-electron chi connectivity index (χ3n) is 3.27. The fraction of sp³-hybridized carbons (Fsp3) is 0.571. The largest absolute Gasteiger partial charge is 0.496 e. The zero-order valence-electron chi connectivity index (χ0n) is 11.7. The Morgan fingerprint density at radius 2 is 1.84 bits per heavy atom. The van der Waals surface area contributed by atoms with Gasteiger partial charge in [-0.15, -0.1) is 0 Å². The van der Waals surface area contributed by atoms with Gasteiger partial charge in [0, 0.05) is 30.3 Å². The highest BCUT2D eigenvalue weighted by atomic mass is 16.5. The molecule has 1 N–H and O–H groups in total. The summed E-state index contributed by atoms with van der Waals surface area (Å²) in [4.78, 5) is 0. The van der Waals surface area contributed by atoms with Gasteiger partial charge >= 0.3 is 0 Å². The molecule has 1 fully saturated rings. The second-order valence-electron chi connectivity index (χ2n) is 4.44. The van der Waals surface area contributed by atoms with E-state index in [-0.39, 0.29) is 6.04 Å². The molecule has 5 heteroatoms. The Morgan fingerprint density at radius 1 is 1.16 bits per heavy atom. The molecule has 0 spiro atoms. The summed E-state index contributed by atoms with van der Waals surface area (Å²) in [5.41, 5.74) is 1.04. The van der Waals surface area contributed by atoms with Crippen molar-refractivity contribution in [1.82, 2.24) is 5.32 Å². The van der Waals surface area contributed by atoms with E-state index in [0.29, 0.717) is 6.61 Å². The summed E-state index contributed by atoms with van der Waals surface area (Å²) in [6.07, 6.45) is 0.802. The number of methoxy groups -OCH3 is 3. The summed E-state index contributed by atoms with van der Waals surface area (Å²) in [7, 11) is 4.94. The highest BCUT2D eigenvalue weighted by Crippen LogP contribution is 2.35. The zero-order valence-corrected chi connectivity index (χ0v) is 11.7. The summed E-state index contributed by atoms with van der Waals surface area (Å²) in [6, 6.07) is 4.04. The Hall–Kier alpha value is -1.46. The van der Waals surface area contributed by atoms with E-state index in [1.165, 1.54) is 0 Å². The Kier molecular flexibility index (Phi) is 4.87. The van der Waals surface area contributed by atoms with E-state index in [1.807, 2.05) is 12.1 Å². The fourth-order valence-corrected chi connectivity index (χ4v) is 2.28. The summed E-state index contributed by atoms with van der Waals surface area (Å²) in [5.74, 6) is 2.29. The fourth-order valence-electron chi connectivity index (χ4n) is 2.28. The molecule has 1 aromatic carbocycles. The van der Waals surface area contributed by atoms with Crippen molar-refractivity contribution in [2.75, 3.05) is 41.1 Å². The highest BCUT2D eigenvalue weighted by molar-refractivity contribution is 5.51. The molecule has 1 saturated heterocycles. The highest BCUT2D eigenvalue weighted by Gasteiger charge is 2.20. The summed E-state index contributed by atoms with van der Waals surface area (Å²) in [5, 5.41) is 3.43. The maximum absolute atomic E-state index is 5.48. The van der Waals surface area contributed by atoms with E-state index in [9.17, 15) is 0 Å². The van der Waals surface area contributed by atoms with Gasteiger partial charge in [0.15, 0.2) is 0 Å². The average molecular weight is 267 g/mol. The molecule has 2 rings (SSSR count). The van der Waals surface area contributed by atoms with Crippen molar-refractivity contribution in [3.05, 3.63) is 17.7 Å². The van der Waals surface area contributed by atoms with Crippen molar-refractivity contribution >= 4 is 0 Å². The number of hydrogen-bond acceptors (Lipinski definition) is 5. The lowest BCUT2D eigenvalue weighted by atomic mass is 10.0. The third kappa shape index (κ3) is 3.30. The Morgan fingerprint density at radius 3 is 2.32 bits per heavy atom. The van der Waals surface area contributed by atoms with Crippen molar-refractivity contribution in [3.63, 3.8) is 0 Å². The predicted molar refractivity (Wildman–Crippen MR) is 72.4 cm³/mol. The number of benzene rings is 1. The molecule has 1 heterocycles. The summed E-state index contributed by atoms with van der Waals surface area (Å²) < 4.78 is 21.6. The van der Waals surface area contributed by atoms with E-state index in [2.05, 4.69) is 5.32 Å². The van der Waals surface area contributed by atoms with Crippen LogP contribution in [0.3, 0.4) is 0 Å². The van der Waals surface area contributed by atoms with Gasteiger partial charge in [-0.05, 0) is 6.42 Å². The molecule has 1 unspecified atom stereocenters. The van der Waals surface area contributed by atoms with Gasteiger partial charge in [0.25, 0.3) is 0 Å². The van der Waals surface area contributed by atoms with Crippen LogP contribution in [0, 0.1) is 0 Å². The van der Waals surface area contributed by atoms with Gasteiger partial charge in [-0.3, -0.25) is 0 Å². The van der Waals surface area contributed by atoms with Crippen molar-refractivity contribution in [1.29, 1.82) is 0 Å². The smallest absolute Gasteiger partial charge is 0.129 e. The van der Waals surface area contributed by atoms with E-state index >= 15 is 0 Å². The monoisotopic (exact) mass is 267 g/mol. The van der Waals surface area contributed by atoms with Crippen LogP contribution in [-0.4, -0.2) is 47.1 Å². The lowest BCUT2D eigenvalue weighted by molar-refractivity contribution is 0.0766. The average Bonchev–Trinajstić information content (AvgIpc) is 2.48. The number of ether oxygens (including phenoxy) is 4. The van der Waals surface area contributed by atoms with Crippen LogP contribution in [0.1, 0.15) is 5.56 Å². The first-order valence-electron chi connectivity index (χ1n) is 6.38. The van der Waals surface area contributed by atoms with Crippen LogP contribution in [-0.2, 0) is 11.2 Å². The van der Waals surface area contributed by atoms with Crippen LogP contribution < -0.4 is 19.5 Å². The molecule has 0 amide bonds. The minimum absolute atomic E-state index is 0.282. The molecule has 1 aliphatic heterocycles. The van der Waals surface area contributed by atoms with Gasteiger partial charge < -0.3 is 24.3 Å². The van der Waals surface area contributed by atoms with E-state index in [0.717, 1.165) is 42.4 Å². The van der Waals surface area contributed by atoms with E-state index < -0.39 is 0 Å². The van der Waals surface area contributed by atoms with Gasteiger partial charge in [-0.1, -0.05) is 0 Å². The van der Waals surface area contributed by atoms with E-state index in [1.54, 1.807) is 21.3 Å². The van der Waals surface area contributed by atoms with Gasteiger partial charge in [0.2, 0.25) is 0 Å². The molecule has 1 aliphatic rings. The lowest BCUT2D eigenvalue weighted by Crippen LogP contribution is -2.42. The van der Waals surface area contributed by atoms with Crippen molar-refractivity contribution in [2.45, 2.75) is 12.5 Å². The second-order valence-corrected chi connectivity index (χ2v) is 4.44. The number of rotatable bonds is 5. The van der Waals surface area contributed by atoms with Crippen LogP contribution >= 0.6 is 0 Å². The molecule has 5 nitrogen and oxygen atoms in total. The maximum atomic E-state index is 5.48. The molecule has 0 saturated carbocycles. The normalized spacial score (nSPS) is 19.0. The molecule has 19 heavy (non-hydrogen) atoms. The first-order chi connectivity index (χ1) is 9.28. The predicted octanol–water partition coefficient (Wildman–Crippen LogP) is 1.24. The quantitative estimate of drug-likeness (QED) is 0.870. The molecule has 0 aromatic heterocycles. The molecular formula is C14H21NO4. The van der Waals surface area contributed by atoms with Crippen molar-refractivity contribution < 1.29 is 18.9 Å². The van der Waals surface area contributed by atoms with E-state index in [4.69, 9.17) is 18.9 Å². The maximum Gasteiger partial charge on any atom is 0.129 e. The molecule has 0 aliphatic carbocycles. The second kappa shape index (κ2) is 6.63. The van der Waals surface area contributed by atoms with Crippen LogP contribution in [0.25, 0.3) is 0 Å². The van der Waals surface area contributed by atoms with Crippen LogP contribution in [0.2, 0.25) is 0 Å². The SMILES string of the molecule is COc1cc(OC)c(CC2COCCN2)c(OC)c1. The third-order valence-corrected chi connectivity index (χ3v) is 3.27. The Bertz CT molecular complexity index is 391. The molecular weight excluding hydrogens is 246 g/mol. The van der Waals surface area contributed by atoms with Crippen LogP contribution in [0.5, 0.6) is 17.2 Å². The number of morpholine rings is 1. The lowest BCUT2D eigenvalue weighted by Gasteiger charge is -2.25. The topological polar surface area (TPSA) is 49.0 Å². The molecule has 1 atom stereocenters. The summed E-state index contributed by atoms with van der Waals surface area (Å²) >= 11 is 0. The molecule has 0 bridgehead atoms. The van der Waals surface area contributed by atoms with Gasteiger partial charge in [-0.2, -0.15) is 0 Å². The Balaban J connectivity index is 2.25. The van der Waals surface area contributed by atoms with Crippen LogP contribution in [0.4, 0.5) is 0 Å². The molecule has 1 aromatic rings. The minimum Gasteiger partial charge on any atom is -0.496 e. The standard InChI is InChI=1S/C14H21NO4/c1-16-11-7-13(17-2)12(14(8-11)18-3)6-10-9-19-5-4-15-10/h7-8,10,15H,4-6,9H2,1-3H3. The van der Waals surface area contributed by atoms with Gasteiger partial charge in [0.1, 0.15) is 17.2 Å². The molecule has 0 radical (unpaired) electrons.